The summed E-state index contributed by atoms with van der Waals surface area (Å²) in [6, 6.07) is 24.9. The highest BCUT2D eigenvalue weighted by Crippen LogP contribution is 2.47. The van der Waals surface area contributed by atoms with Crippen LogP contribution in [-0.2, 0) is 55.6 Å². The minimum atomic E-state index is -4.85. The number of esters is 2. The van der Waals surface area contributed by atoms with Gasteiger partial charge in [0, 0.05) is 12.4 Å². The van der Waals surface area contributed by atoms with E-state index in [1.54, 1.807) is 36.4 Å². The van der Waals surface area contributed by atoms with Crippen molar-refractivity contribution in [3.8, 4) is 6.07 Å². The molecule has 364 valence electrons. The van der Waals surface area contributed by atoms with Crippen LogP contribution in [0.1, 0.15) is 61.4 Å². The van der Waals surface area contributed by atoms with Gasteiger partial charge in [-0.3, -0.25) is 0 Å². The second-order valence-electron chi connectivity index (χ2n) is 17.1. The maximum atomic E-state index is 14.2. The molecule has 2 aromatic heterocycles. The van der Waals surface area contributed by atoms with Crippen LogP contribution in [-0.4, -0.2) is 46.8 Å². The Balaban J connectivity index is 1.10. The number of sulfonamides is 2. The molecule has 12 nitrogen and oxygen atoms in total. The molecule has 0 bridgehead atoms. The first-order valence-corrected chi connectivity index (χ1v) is 27.9. The highest BCUT2D eigenvalue weighted by atomic mass is 35.5. The summed E-state index contributed by atoms with van der Waals surface area (Å²) in [7, 11) is -11.1. The van der Waals surface area contributed by atoms with Gasteiger partial charge < -0.3 is 4.74 Å². The van der Waals surface area contributed by atoms with E-state index in [9.17, 15) is 58.0 Å². The van der Waals surface area contributed by atoms with E-state index in [4.69, 9.17) is 27.9 Å². The lowest BCUT2D eigenvalue weighted by Crippen LogP contribution is -2.37. The molecule has 7 rings (SSSR count). The van der Waals surface area contributed by atoms with E-state index in [1.165, 1.54) is 0 Å². The molecule has 0 N–H and O–H groups in total. The number of hydrogen-bond donors (Lipinski definition) is 0. The first-order chi connectivity index (χ1) is 32.6. The van der Waals surface area contributed by atoms with Crippen molar-refractivity contribution in [2.24, 2.45) is 0 Å². The van der Waals surface area contributed by atoms with Gasteiger partial charge >= 0.3 is 24.3 Å². The number of hydrogen-bond acceptors (Lipinski definition) is 10. The van der Waals surface area contributed by atoms with E-state index in [0.29, 0.717) is 58.4 Å². The molecule has 23 heteroatoms. The quantitative estimate of drug-likeness (QED) is 0.0443. The number of carbonyl (C=O) groups is 2. The van der Waals surface area contributed by atoms with Crippen molar-refractivity contribution >= 4 is 80.1 Å². The van der Waals surface area contributed by atoms with Crippen LogP contribution in [0.25, 0.3) is 0 Å². The molecule has 0 unspecified atom stereocenters. The van der Waals surface area contributed by atoms with E-state index in [0.717, 1.165) is 58.0 Å². The number of aromatic nitrogens is 2. The number of pyridine rings is 2. The molecule has 4 aromatic carbocycles. The van der Waals surface area contributed by atoms with Crippen molar-refractivity contribution in [3.05, 3.63) is 171 Å². The van der Waals surface area contributed by atoms with Crippen LogP contribution in [0.3, 0.4) is 0 Å². The van der Waals surface area contributed by atoms with Gasteiger partial charge in [0.1, 0.15) is 0 Å². The molecule has 1 aliphatic rings. The van der Waals surface area contributed by atoms with Crippen LogP contribution in [0.15, 0.2) is 131 Å². The SMILES string of the molecule is C[Si](C)(C)c1ccc(CN(c2ncc(C(F)(F)F)cc2Cl)S(=O)(=O)c2ccc(C(=O)OC(=O)c3ccc(S(=O)(=O)N(Cc4ccc(C5(C#N)CC5)cc4)c4ncc(C(F)(F)F)cc4Cl)cc3)cc2)cc1. The summed E-state index contributed by atoms with van der Waals surface area (Å²) in [6.45, 7) is 5.46. The average molecular weight is 1060 g/mol. The van der Waals surface area contributed by atoms with Crippen molar-refractivity contribution in [2.75, 3.05) is 8.61 Å². The Bertz CT molecular complexity index is 3260. The number of benzene rings is 4. The molecule has 1 aliphatic carbocycles. The Morgan fingerprint density at radius 3 is 1.34 bits per heavy atom. The van der Waals surface area contributed by atoms with Crippen LogP contribution < -0.4 is 13.8 Å². The molecular formula is C47H37Cl2F6N5O7S2Si. The smallest absolute Gasteiger partial charge is 0.386 e. The van der Waals surface area contributed by atoms with E-state index in [-0.39, 0.29) is 11.1 Å². The van der Waals surface area contributed by atoms with Crippen LogP contribution in [0.4, 0.5) is 38.0 Å². The molecule has 1 saturated carbocycles. The normalized spacial score (nSPS) is 13.8. The maximum absolute atomic E-state index is 14.2. The van der Waals surface area contributed by atoms with E-state index >= 15 is 0 Å². The Morgan fingerprint density at radius 2 is 1.03 bits per heavy atom. The Hall–Kier alpha value is -6.31. The molecule has 0 aliphatic heterocycles. The molecule has 2 heterocycles. The Labute approximate surface area is 409 Å². The zero-order valence-electron chi connectivity index (χ0n) is 36.8. The molecule has 0 atom stereocenters. The number of nitrogens with zero attached hydrogens (tertiary/aromatic N) is 5. The third-order valence-electron chi connectivity index (χ3n) is 11.3. The van der Waals surface area contributed by atoms with E-state index in [1.807, 2.05) is 12.1 Å². The van der Waals surface area contributed by atoms with Crippen molar-refractivity contribution in [3.63, 3.8) is 0 Å². The zero-order valence-corrected chi connectivity index (χ0v) is 41.0. The number of rotatable bonds is 14. The topological polar surface area (TPSA) is 168 Å². The molecule has 0 radical (unpaired) electrons. The van der Waals surface area contributed by atoms with Gasteiger partial charge in [0.05, 0.1) is 74.7 Å². The summed E-state index contributed by atoms with van der Waals surface area (Å²) in [6.07, 6.45) is -7.50. The molecule has 70 heavy (non-hydrogen) atoms. The van der Waals surface area contributed by atoms with Crippen LogP contribution in [0.5, 0.6) is 0 Å². The fraction of sp³-hybridized carbons (Fsp3) is 0.213. The van der Waals surface area contributed by atoms with Crippen LogP contribution in [0, 0.1) is 11.3 Å². The predicted octanol–water partition coefficient (Wildman–Crippen LogP) is 10.7. The standard InChI is InChI=1S/C47H37Cl2F6N5O7S2Si/c1-70(2,3)38-18-6-30(7-19-38)27-60(42-40(49)23-35(25-58-42)47(53,54)55)69(65,66)37-16-10-32(11-17-37)44(62)67-43(61)31-8-14-36(15-9-31)68(63,64)59(41-39(48)22-34(24-57-41)46(50,51)52)26-29-4-12-33(13-5-29)45(28-56)20-21-45/h4-19,22-25H,20-21,26-27H2,1-3H3. The van der Waals surface area contributed by atoms with Crippen LogP contribution >= 0.6 is 23.2 Å². The molecule has 0 amide bonds. The van der Waals surface area contributed by atoms with Crippen molar-refractivity contribution in [2.45, 2.75) is 73.1 Å². The largest absolute Gasteiger partial charge is 0.417 e. The minimum absolute atomic E-state index is 0.310. The summed E-state index contributed by atoms with van der Waals surface area (Å²) >= 11 is 12.5. The van der Waals surface area contributed by atoms with E-state index < -0.39 is 114 Å². The van der Waals surface area contributed by atoms with Gasteiger partial charge in [-0.1, -0.05) is 96.6 Å². The number of alkyl halides is 6. The van der Waals surface area contributed by atoms with Crippen LogP contribution in [0.2, 0.25) is 29.7 Å². The Morgan fingerprint density at radius 1 is 0.657 bits per heavy atom. The maximum Gasteiger partial charge on any atom is 0.417 e. The monoisotopic (exact) mass is 1060 g/mol. The zero-order chi connectivity index (χ0) is 51.2. The summed E-state index contributed by atoms with van der Waals surface area (Å²) in [5.74, 6) is -3.55. The average Bonchev–Trinajstić information content (AvgIpc) is 4.11. The molecule has 0 saturated heterocycles. The van der Waals surface area contributed by atoms with Crippen molar-refractivity contribution in [1.82, 2.24) is 9.97 Å². The number of halogens is 8. The lowest BCUT2D eigenvalue weighted by Gasteiger charge is -2.25. The fourth-order valence-corrected chi connectivity index (χ4v) is 11.7. The van der Waals surface area contributed by atoms with Gasteiger partial charge in [-0.15, -0.1) is 0 Å². The predicted molar refractivity (Wildman–Crippen MR) is 250 cm³/mol. The Kier molecular flexibility index (Phi) is 14.1. The van der Waals surface area contributed by atoms with Gasteiger partial charge in [-0.05, 0) is 90.2 Å². The number of anilines is 2. The van der Waals surface area contributed by atoms with Crippen molar-refractivity contribution in [1.29, 1.82) is 5.26 Å². The lowest BCUT2D eigenvalue weighted by molar-refractivity contribution is -0.138. The molecule has 0 spiro atoms. The number of nitriles is 1. The minimum Gasteiger partial charge on any atom is -0.386 e. The van der Waals surface area contributed by atoms with Gasteiger partial charge in [0.25, 0.3) is 20.0 Å². The third kappa shape index (κ3) is 11.0. The molecule has 1 fully saturated rings. The first-order valence-electron chi connectivity index (χ1n) is 20.7. The summed E-state index contributed by atoms with van der Waals surface area (Å²) in [5.41, 5.74) is -2.18. The van der Waals surface area contributed by atoms with Gasteiger partial charge in [-0.2, -0.15) is 31.6 Å². The number of ether oxygens (including phenoxy) is 1. The number of carbonyl (C=O) groups excluding carboxylic acids is 2. The highest BCUT2D eigenvalue weighted by molar-refractivity contribution is 7.93. The summed E-state index contributed by atoms with van der Waals surface area (Å²) in [5, 5.41) is 9.41. The second kappa shape index (κ2) is 19.1. The van der Waals surface area contributed by atoms with Gasteiger partial charge in [-0.25, -0.2) is 45.0 Å². The molecular weight excluding hydrogens is 1020 g/mol. The van der Waals surface area contributed by atoms with Crippen molar-refractivity contribution < 1.29 is 57.5 Å². The second-order valence-corrected chi connectivity index (χ2v) is 26.8. The molecule has 6 aromatic rings. The summed E-state index contributed by atoms with van der Waals surface area (Å²) in [4.78, 5) is 33.0. The van der Waals surface area contributed by atoms with Gasteiger partial charge in [0.2, 0.25) is 0 Å². The fourth-order valence-electron chi connectivity index (χ4n) is 7.03. The summed E-state index contributed by atoms with van der Waals surface area (Å²) < 4.78 is 144. The first kappa shape index (κ1) is 51.5. The third-order valence-corrected chi connectivity index (χ3v) is 17.4. The lowest BCUT2D eigenvalue weighted by atomic mass is 9.97. The van der Waals surface area contributed by atoms with Gasteiger partial charge in [0.15, 0.2) is 11.6 Å². The van der Waals surface area contributed by atoms with E-state index in [2.05, 4.69) is 35.7 Å². The highest BCUT2D eigenvalue weighted by Gasteiger charge is 2.45.